The number of halogens is 1. The minimum absolute atomic E-state index is 0.322. The summed E-state index contributed by atoms with van der Waals surface area (Å²) in [6, 6.07) is 8.18. The minimum atomic E-state index is -0.322. The number of aryl methyl sites for hydroxylation is 1. The molecule has 0 bridgehead atoms. The number of ether oxygens (including phenoxy) is 1. The van der Waals surface area contributed by atoms with E-state index in [0.717, 1.165) is 22.0 Å². The fraction of sp³-hybridized carbons (Fsp3) is 0.214. The molecule has 2 N–H and O–H groups in total. The highest BCUT2D eigenvalue weighted by molar-refractivity contribution is 7.98. The lowest BCUT2D eigenvalue weighted by molar-refractivity contribution is 0.413. The summed E-state index contributed by atoms with van der Waals surface area (Å²) in [6.07, 6.45) is 0. The number of nitrogens with zero attached hydrogens (tertiary/aromatic N) is 1. The SMILES string of the molecule is COc1cc(C)nc(CSc2ccc(F)cc2N)c1. The molecule has 1 aromatic carbocycles. The predicted octanol–water partition coefficient (Wildman–Crippen LogP) is 3.41. The molecule has 19 heavy (non-hydrogen) atoms. The van der Waals surface area contributed by atoms with E-state index in [-0.39, 0.29) is 5.82 Å². The van der Waals surface area contributed by atoms with Crippen LogP contribution in [-0.2, 0) is 5.75 Å². The van der Waals surface area contributed by atoms with E-state index >= 15 is 0 Å². The van der Waals surface area contributed by atoms with E-state index in [2.05, 4.69) is 4.98 Å². The van der Waals surface area contributed by atoms with Crippen LogP contribution in [0.4, 0.5) is 10.1 Å². The maximum absolute atomic E-state index is 12.9. The molecule has 0 amide bonds. The monoisotopic (exact) mass is 278 g/mol. The van der Waals surface area contributed by atoms with E-state index in [0.29, 0.717) is 11.4 Å². The number of anilines is 1. The normalized spacial score (nSPS) is 10.5. The fourth-order valence-corrected chi connectivity index (χ4v) is 2.54. The van der Waals surface area contributed by atoms with Crippen molar-refractivity contribution in [2.75, 3.05) is 12.8 Å². The Labute approximate surface area is 116 Å². The zero-order chi connectivity index (χ0) is 13.8. The first-order valence-corrected chi connectivity index (χ1v) is 6.76. The topological polar surface area (TPSA) is 48.1 Å². The van der Waals surface area contributed by atoms with Gasteiger partial charge in [-0.2, -0.15) is 0 Å². The highest BCUT2D eigenvalue weighted by atomic mass is 32.2. The van der Waals surface area contributed by atoms with Gasteiger partial charge in [-0.25, -0.2) is 4.39 Å². The molecule has 1 heterocycles. The Morgan fingerprint density at radius 2 is 2.11 bits per heavy atom. The van der Waals surface area contributed by atoms with Crippen LogP contribution in [0.2, 0.25) is 0 Å². The number of nitrogens with two attached hydrogens (primary N) is 1. The van der Waals surface area contributed by atoms with Crippen LogP contribution in [0.1, 0.15) is 11.4 Å². The van der Waals surface area contributed by atoms with Crippen LogP contribution in [0.15, 0.2) is 35.2 Å². The molecular formula is C14H15FN2OS. The Hall–Kier alpha value is -1.75. The molecule has 5 heteroatoms. The van der Waals surface area contributed by atoms with Gasteiger partial charge in [-0.3, -0.25) is 4.98 Å². The maximum Gasteiger partial charge on any atom is 0.125 e. The minimum Gasteiger partial charge on any atom is -0.497 e. The number of aromatic nitrogens is 1. The number of pyridine rings is 1. The van der Waals surface area contributed by atoms with Crippen LogP contribution >= 0.6 is 11.8 Å². The maximum atomic E-state index is 12.9. The Morgan fingerprint density at radius 3 is 2.79 bits per heavy atom. The molecule has 0 radical (unpaired) electrons. The van der Waals surface area contributed by atoms with Gasteiger partial charge in [0, 0.05) is 34.2 Å². The Kier molecular flexibility index (Phi) is 4.27. The molecule has 0 aliphatic carbocycles. The van der Waals surface area contributed by atoms with Crippen molar-refractivity contribution < 1.29 is 9.13 Å². The van der Waals surface area contributed by atoms with Gasteiger partial charge in [0.15, 0.2) is 0 Å². The molecule has 2 aromatic rings. The molecule has 2 rings (SSSR count). The average molecular weight is 278 g/mol. The molecule has 0 spiro atoms. The summed E-state index contributed by atoms with van der Waals surface area (Å²) < 4.78 is 18.1. The van der Waals surface area contributed by atoms with Crippen molar-refractivity contribution in [1.29, 1.82) is 0 Å². The van der Waals surface area contributed by atoms with Gasteiger partial charge >= 0.3 is 0 Å². The lowest BCUT2D eigenvalue weighted by Crippen LogP contribution is -1.94. The summed E-state index contributed by atoms with van der Waals surface area (Å²) >= 11 is 1.53. The van der Waals surface area contributed by atoms with E-state index in [1.54, 1.807) is 13.2 Å². The molecule has 0 saturated heterocycles. The summed E-state index contributed by atoms with van der Waals surface area (Å²) in [6.45, 7) is 1.92. The highest BCUT2D eigenvalue weighted by Gasteiger charge is 2.05. The van der Waals surface area contributed by atoms with E-state index < -0.39 is 0 Å². The third kappa shape index (κ3) is 3.61. The number of nitrogen functional groups attached to an aromatic ring is 1. The molecule has 0 aliphatic rings. The molecule has 0 fully saturated rings. The van der Waals surface area contributed by atoms with E-state index in [9.17, 15) is 4.39 Å². The molecule has 3 nitrogen and oxygen atoms in total. The number of benzene rings is 1. The Morgan fingerprint density at radius 1 is 1.32 bits per heavy atom. The second kappa shape index (κ2) is 5.93. The average Bonchev–Trinajstić information content (AvgIpc) is 2.37. The van der Waals surface area contributed by atoms with Gasteiger partial charge in [0.25, 0.3) is 0 Å². The predicted molar refractivity (Wildman–Crippen MR) is 75.9 cm³/mol. The third-order valence-corrected chi connectivity index (χ3v) is 3.69. The van der Waals surface area contributed by atoms with Crippen LogP contribution in [0.3, 0.4) is 0 Å². The van der Waals surface area contributed by atoms with Crippen molar-refractivity contribution in [2.24, 2.45) is 0 Å². The largest absolute Gasteiger partial charge is 0.497 e. The summed E-state index contributed by atoms with van der Waals surface area (Å²) in [5.74, 6) is 1.13. The Balaban J connectivity index is 2.12. The second-order valence-corrected chi connectivity index (χ2v) is 5.13. The Bertz CT molecular complexity index is 590. The van der Waals surface area contributed by atoms with Gasteiger partial charge < -0.3 is 10.5 Å². The zero-order valence-electron chi connectivity index (χ0n) is 10.8. The van der Waals surface area contributed by atoms with Crippen LogP contribution in [0.5, 0.6) is 5.75 Å². The lowest BCUT2D eigenvalue weighted by Gasteiger charge is -2.07. The van der Waals surface area contributed by atoms with E-state index in [1.807, 2.05) is 19.1 Å². The first-order chi connectivity index (χ1) is 9.08. The van der Waals surface area contributed by atoms with Crippen molar-refractivity contribution in [3.8, 4) is 5.75 Å². The zero-order valence-corrected chi connectivity index (χ0v) is 11.6. The molecule has 0 atom stereocenters. The number of rotatable bonds is 4. The first kappa shape index (κ1) is 13.7. The molecule has 0 saturated carbocycles. The van der Waals surface area contributed by atoms with Crippen molar-refractivity contribution in [3.05, 3.63) is 47.5 Å². The van der Waals surface area contributed by atoms with Crippen LogP contribution in [-0.4, -0.2) is 12.1 Å². The molecular weight excluding hydrogens is 263 g/mol. The van der Waals surface area contributed by atoms with Crippen molar-refractivity contribution in [2.45, 2.75) is 17.6 Å². The summed E-state index contributed by atoms with van der Waals surface area (Å²) in [4.78, 5) is 5.28. The van der Waals surface area contributed by atoms with Crippen LogP contribution in [0.25, 0.3) is 0 Å². The second-order valence-electron chi connectivity index (χ2n) is 4.11. The smallest absolute Gasteiger partial charge is 0.125 e. The van der Waals surface area contributed by atoms with Gasteiger partial charge in [-0.15, -0.1) is 11.8 Å². The summed E-state index contributed by atoms with van der Waals surface area (Å²) in [5, 5.41) is 0. The summed E-state index contributed by atoms with van der Waals surface area (Å²) in [5.41, 5.74) is 8.03. The van der Waals surface area contributed by atoms with Gasteiger partial charge in [-0.1, -0.05) is 0 Å². The lowest BCUT2D eigenvalue weighted by atomic mass is 10.3. The van der Waals surface area contributed by atoms with Crippen molar-refractivity contribution in [1.82, 2.24) is 4.98 Å². The molecule has 0 unspecified atom stereocenters. The van der Waals surface area contributed by atoms with E-state index in [4.69, 9.17) is 10.5 Å². The van der Waals surface area contributed by atoms with Crippen LogP contribution < -0.4 is 10.5 Å². The summed E-state index contributed by atoms with van der Waals surface area (Å²) in [7, 11) is 1.63. The van der Waals surface area contributed by atoms with E-state index in [1.165, 1.54) is 23.9 Å². The quantitative estimate of drug-likeness (QED) is 0.687. The molecule has 0 aliphatic heterocycles. The van der Waals surface area contributed by atoms with Gasteiger partial charge in [0.1, 0.15) is 11.6 Å². The molecule has 1 aromatic heterocycles. The van der Waals surface area contributed by atoms with Gasteiger partial charge in [-0.05, 0) is 25.1 Å². The van der Waals surface area contributed by atoms with Crippen molar-refractivity contribution >= 4 is 17.4 Å². The standard InChI is InChI=1S/C14H15FN2OS/c1-9-5-12(18-2)7-11(17-9)8-19-14-4-3-10(15)6-13(14)16/h3-7H,8,16H2,1-2H3. The molecule has 100 valence electrons. The number of methoxy groups -OCH3 is 1. The van der Waals surface area contributed by atoms with Gasteiger partial charge in [0.05, 0.1) is 12.8 Å². The highest BCUT2D eigenvalue weighted by Crippen LogP contribution is 2.29. The number of hydrogen-bond acceptors (Lipinski definition) is 4. The third-order valence-electron chi connectivity index (χ3n) is 2.56. The number of hydrogen-bond donors (Lipinski definition) is 1. The van der Waals surface area contributed by atoms with Crippen molar-refractivity contribution in [3.63, 3.8) is 0 Å². The number of thioether (sulfide) groups is 1. The first-order valence-electron chi connectivity index (χ1n) is 5.78. The van der Waals surface area contributed by atoms with Crippen LogP contribution in [0, 0.1) is 12.7 Å². The van der Waals surface area contributed by atoms with Gasteiger partial charge in [0.2, 0.25) is 0 Å². The fourth-order valence-electron chi connectivity index (χ4n) is 1.70.